The van der Waals surface area contributed by atoms with Gasteiger partial charge in [0.2, 0.25) is 0 Å². The Morgan fingerprint density at radius 3 is 2.51 bits per heavy atom. The number of H-pyrrole nitrogens is 1. The van der Waals surface area contributed by atoms with Gasteiger partial charge in [0.25, 0.3) is 21.6 Å². The first kappa shape index (κ1) is 49.9. The number of thiophene rings is 1. The molecule has 0 unspecified atom stereocenters. The lowest BCUT2D eigenvalue weighted by atomic mass is 9.73. The van der Waals surface area contributed by atoms with Crippen molar-refractivity contribution in [3.8, 4) is 22.6 Å². The summed E-state index contributed by atoms with van der Waals surface area (Å²) in [6, 6.07) is 22.7. The summed E-state index contributed by atoms with van der Waals surface area (Å²) in [4.78, 5) is 38.7. The van der Waals surface area contributed by atoms with E-state index in [1.807, 2.05) is 39.0 Å². The summed E-state index contributed by atoms with van der Waals surface area (Å²) < 4.78 is 36.1. The predicted molar refractivity (Wildman–Crippen MR) is 280 cm³/mol. The number of aromatic amines is 1. The molecule has 4 heterocycles. The van der Waals surface area contributed by atoms with Crippen molar-refractivity contribution in [3.63, 3.8) is 0 Å². The van der Waals surface area contributed by atoms with Gasteiger partial charge in [-0.05, 0) is 153 Å². The van der Waals surface area contributed by atoms with Gasteiger partial charge in [-0.3, -0.25) is 19.8 Å². The Morgan fingerprint density at radius 2 is 1.76 bits per heavy atom. The maximum atomic E-state index is 14.0. The quantitative estimate of drug-likeness (QED) is 0.0482. The molecule has 0 bridgehead atoms. The molecule has 1 saturated carbocycles. The number of allylic oxidation sites excluding steroid dienone is 1. The molecule has 1 saturated heterocycles. The van der Waals surface area contributed by atoms with Crippen LogP contribution in [0.1, 0.15) is 100 Å². The van der Waals surface area contributed by atoms with Gasteiger partial charge < -0.3 is 30.2 Å². The van der Waals surface area contributed by atoms with Crippen LogP contribution in [0.25, 0.3) is 27.7 Å². The molecule has 0 radical (unpaired) electrons. The third-order valence-electron chi connectivity index (χ3n) is 14.4. The standard InChI is InChI=1S/C54H63N7O8S2/c1-52(2)17-15-38(45(30-52)49-27-39(34-70-49)36-7-6-8-40(25-36)53(3,4)63)33-59-21-23-60(24-22-59)41-9-11-44(48(28-41)69-42-26-37-16-20-55-50(37)57-32-42)51(62)58-71(67,68)43-10-12-46(47(29-43)61(65)66)56-31-35-13-18-54(5,64)19-14-35/h6-12,16,20,25-29,32,34-35,56,63-64H,13-15,17-19,21-24,30-31,33H2,1-5H3,(H,55,57)(H,58,62)/t35-,54-. The Morgan fingerprint density at radius 1 is 0.986 bits per heavy atom. The summed E-state index contributed by atoms with van der Waals surface area (Å²) in [6.45, 7) is 14.4. The number of aromatic nitrogens is 2. The number of carbonyl (C=O) groups is 1. The number of hydrogen-bond donors (Lipinski definition) is 5. The van der Waals surface area contributed by atoms with Crippen molar-refractivity contribution in [2.24, 2.45) is 11.3 Å². The molecule has 3 aliphatic rings. The summed E-state index contributed by atoms with van der Waals surface area (Å²) in [6.07, 6.45) is 9.20. The van der Waals surface area contributed by atoms with Crippen LogP contribution in [0.2, 0.25) is 0 Å². The second-order valence-corrected chi connectivity index (χ2v) is 23.7. The minimum Gasteiger partial charge on any atom is -0.455 e. The maximum Gasteiger partial charge on any atom is 0.293 e. The molecule has 3 aromatic heterocycles. The number of ether oxygens (including phenoxy) is 1. The van der Waals surface area contributed by atoms with E-state index in [2.05, 4.69) is 67.2 Å². The van der Waals surface area contributed by atoms with Crippen molar-refractivity contribution in [1.29, 1.82) is 0 Å². The molecule has 1 amide bonds. The highest BCUT2D eigenvalue weighted by molar-refractivity contribution is 7.90. The lowest BCUT2D eigenvalue weighted by molar-refractivity contribution is -0.384. The van der Waals surface area contributed by atoms with E-state index in [1.54, 1.807) is 41.8 Å². The Balaban J connectivity index is 0.914. The van der Waals surface area contributed by atoms with E-state index >= 15 is 0 Å². The van der Waals surface area contributed by atoms with E-state index < -0.39 is 42.6 Å². The smallest absolute Gasteiger partial charge is 0.293 e. The van der Waals surface area contributed by atoms with Crippen LogP contribution in [0.5, 0.6) is 11.5 Å². The van der Waals surface area contributed by atoms with Gasteiger partial charge in [-0.2, -0.15) is 0 Å². The van der Waals surface area contributed by atoms with Crippen molar-refractivity contribution in [2.45, 2.75) is 95.7 Å². The molecule has 0 spiro atoms. The number of pyridine rings is 1. The number of amides is 1. The molecular formula is C54H63N7O8S2. The lowest BCUT2D eigenvalue weighted by Gasteiger charge is -2.39. The summed E-state index contributed by atoms with van der Waals surface area (Å²) in [5, 5.41) is 39.3. The first-order valence-corrected chi connectivity index (χ1v) is 26.7. The number of carbonyl (C=O) groups excluding carboxylic acids is 1. The Kier molecular flexibility index (Phi) is 13.9. The topological polar surface area (TPSA) is 203 Å². The van der Waals surface area contributed by atoms with Gasteiger partial charge in [-0.1, -0.05) is 37.6 Å². The van der Waals surface area contributed by atoms with Crippen molar-refractivity contribution in [2.75, 3.05) is 49.5 Å². The molecule has 6 aromatic rings. The molecule has 1 aliphatic heterocycles. The molecule has 2 fully saturated rings. The van der Waals surface area contributed by atoms with Crippen molar-refractivity contribution < 1.29 is 33.1 Å². The summed E-state index contributed by atoms with van der Waals surface area (Å²) in [7, 11) is -4.59. The maximum absolute atomic E-state index is 14.0. The fourth-order valence-corrected chi connectivity index (χ4v) is 12.0. The number of hydrogen-bond acceptors (Lipinski definition) is 13. The molecule has 17 heteroatoms. The SMILES string of the molecule is CC1(C)CCC(CN2CCN(c3ccc(C(=O)NS(=O)(=O)c4ccc(NC[C@H]5CC[C@](C)(O)CC5)c([N+](=O)[O-])c4)c(Oc4cnc5[nH]ccc5c4)c3)CC2)=C(c2cc(-c3cccc(C(C)(C)O)c3)cs2)C1. The zero-order chi connectivity index (χ0) is 50.3. The van der Waals surface area contributed by atoms with Gasteiger partial charge in [0, 0.05) is 73.5 Å². The number of piperazine rings is 1. The van der Waals surface area contributed by atoms with Crippen molar-refractivity contribution in [3.05, 3.63) is 128 Å². The Labute approximate surface area is 419 Å². The van der Waals surface area contributed by atoms with Crippen LogP contribution in [0.15, 0.2) is 107 Å². The number of rotatable bonds is 15. The van der Waals surface area contributed by atoms with Gasteiger partial charge in [0.05, 0.1) is 32.8 Å². The van der Waals surface area contributed by atoms with E-state index in [9.17, 15) is 33.5 Å². The number of benzene rings is 3. The highest BCUT2D eigenvalue weighted by atomic mass is 32.2. The lowest BCUT2D eigenvalue weighted by Crippen LogP contribution is -2.47. The number of nitrogens with one attached hydrogen (secondary N) is 3. The van der Waals surface area contributed by atoms with Crippen molar-refractivity contribution >= 4 is 60.9 Å². The summed E-state index contributed by atoms with van der Waals surface area (Å²) in [5.41, 5.74) is 5.70. The molecule has 3 aromatic carbocycles. The molecule has 71 heavy (non-hydrogen) atoms. The number of nitro benzene ring substituents is 1. The normalized spacial score (nSPS) is 20.0. The number of anilines is 2. The van der Waals surface area contributed by atoms with Crippen LogP contribution in [0, 0.1) is 21.4 Å². The van der Waals surface area contributed by atoms with Crippen LogP contribution in [0.4, 0.5) is 17.1 Å². The van der Waals surface area contributed by atoms with Crippen LogP contribution in [0.3, 0.4) is 0 Å². The molecule has 15 nitrogen and oxygen atoms in total. The first-order valence-electron chi connectivity index (χ1n) is 24.4. The molecule has 5 N–H and O–H groups in total. The largest absolute Gasteiger partial charge is 0.455 e. The Hall–Kier alpha value is -6.11. The molecular weight excluding hydrogens is 939 g/mol. The highest BCUT2D eigenvalue weighted by Gasteiger charge is 2.32. The third-order valence-corrected chi connectivity index (χ3v) is 16.7. The minimum absolute atomic E-state index is 0.0502. The van der Waals surface area contributed by atoms with Gasteiger partial charge in [0.1, 0.15) is 22.8 Å². The highest BCUT2D eigenvalue weighted by Crippen LogP contribution is 2.46. The number of aliphatic hydroxyl groups is 2. The summed E-state index contributed by atoms with van der Waals surface area (Å²) in [5.74, 6) is -0.314. The van der Waals surface area contributed by atoms with Gasteiger partial charge in [-0.25, -0.2) is 18.1 Å². The molecule has 0 atom stereocenters. The zero-order valence-corrected chi connectivity index (χ0v) is 42.6. The second-order valence-electron chi connectivity index (χ2n) is 21.1. The number of nitro groups is 1. The van der Waals surface area contributed by atoms with Crippen LogP contribution < -0.4 is 19.7 Å². The van der Waals surface area contributed by atoms with E-state index in [0.29, 0.717) is 43.9 Å². The van der Waals surface area contributed by atoms with Gasteiger partial charge >= 0.3 is 0 Å². The van der Waals surface area contributed by atoms with Crippen molar-refractivity contribution in [1.82, 2.24) is 19.6 Å². The van der Waals surface area contributed by atoms with Crippen LogP contribution >= 0.6 is 11.3 Å². The number of sulfonamides is 1. The monoisotopic (exact) mass is 1000 g/mol. The number of fused-ring (bicyclic) bond motifs is 1. The summed E-state index contributed by atoms with van der Waals surface area (Å²) >= 11 is 1.78. The average Bonchev–Trinajstić information content (AvgIpc) is 4.02. The van der Waals surface area contributed by atoms with Gasteiger partial charge in [-0.15, -0.1) is 11.3 Å². The molecule has 9 rings (SSSR count). The first-order chi connectivity index (χ1) is 33.7. The Bertz CT molecular complexity index is 3100. The molecule has 374 valence electrons. The fraction of sp³-hybridized carbons (Fsp3) is 0.407. The van der Waals surface area contributed by atoms with E-state index in [4.69, 9.17) is 4.74 Å². The van der Waals surface area contributed by atoms with Crippen LogP contribution in [-0.4, -0.2) is 89.2 Å². The van der Waals surface area contributed by atoms with E-state index in [0.717, 1.165) is 85.6 Å². The second kappa shape index (κ2) is 19.8. The zero-order valence-electron chi connectivity index (χ0n) is 41.0. The molecule has 2 aliphatic carbocycles. The predicted octanol–water partition coefficient (Wildman–Crippen LogP) is 10.5. The fourth-order valence-electron chi connectivity index (χ4n) is 9.98. The van der Waals surface area contributed by atoms with E-state index in [-0.39, 0.29) is 28.3 Å². The number of nitrogens with zero attached hydrogens (tertiary/aromatic N) is 4. The van der Waals surface area contributed by atoms with Crippen LogP contribution in [-0.2, 0) is 15.6 Å². The third kappa shape index (κ3) is 11.7. The van der Waals surface area contributed by atoms with Gasteiger partial charge in [0.15, 0.2) is 0 Å². The minimum atomic E-state index is -4.59. The average molecular weight is 1000 g/mol. The van der Waals surface area contributed by atoms with E-state index in [1.165, 1.54) is 34.4 Å².